The molecule has 0 amide bonds. The molecule has 6 nitrogen and oxygen atoms in total. The van der Waals surface area contributed by atoms with Gasteiger partial charge in [-0.25, -0.2) is 13.2 Å². The molecule has 0 spiro atoms. The minimum atomic E-state index is -3.51. The zero-order valence-corrected chi connectivity index (χ0v) is 20.3. The Morgan fingerprint density at radius 3 is 2.03 bits per heavy atom. The van der Waals surface area contributed by atoms with Crippen LogP contribution in [0.15, 0.2) is 88.7 Å². The maximum Gasteiger partial charge on any atom is 0.335 e. The van der Waals surface area contributed by atoms with Crippen LogP contribution in [-0.2, 0) is 36.9 Å². The minimum absolute atomic E-state index is 0.270. The minimum Gasteiger partial charge on any atom is -0.493 e. The number of carbonyl (C=O) groups excluding carboxylic acids is 1. The first-order valence-corrected chi connectivity index (χ1v) is 12.8. The Hall–Kier alpha value is -3.16. The predicted octanol–water partition coefficient (Wildman–Crippen LogP) is 4.65. The molecule has 0 aliphatic carbocycles. The van der Waals surface area contributed by atoms with Crippen molar-refractivity contribution in [1.29, 1.82) is 0 Å². The molecule has 3 aromatic rings. The highest BCUT2D eigenvalue weighted by atomic mass is 32.2. The molecule has 0 fully saturated rings. The van der Waals surface area contributed by atoms with E-state index >= 15 is 0 Å². The quantitative estimate of drug-likeness (QED) is 0.350. The Morgan fingerprint density at radius 1 is 0.794 bits per heavy atom. The van der Waals surface area contributed by atoms with Gasteiger partial charge >= 0.3 is 5.97 Å². The second-order valence-corrected chi connectivity index (χ2v) is 9.55. The van der Waals surface area contributed by atoms with Crippen LogP contribution in [0, 0.1) is 0 Å². The predicted molar refractivity (Wildman–Crippen MR) is 130 cm³/mol. The molecule has 0 aliphatic rings. The maximum absolute atomic E-state index is 12.7. The van der Waals surface area contributed by atoms with Crippen LogP contribution in [0.4, 0.5) is 0 Å². The van der Waals surface area contributed by atoms with Gasteiger partial charge in [-0.2, -0.15) is 0 Å². The second-order valence-electron chi connectivity index (χ2n) is 7.60. The van der Waals surface area contributed by atoms with Crippen molar-refractivity contribution in [2.24, 2.45) is 0 Å². The van der Waals surface area contributed by atoms with E-state index in [2.05, 4.69) is 0 Å². The van der Waals surface area contributed by atoms with E-state index in [1.807, 2.05) is 43.3 Å². The Balaban J connectivity index is 1.52. The summed E-state index contributed by atoms with van der Waals surface area (Å²) in [5.41, 5.74) is 1.94. The lowest BCUT2D eigenvalue weighted by Crippen LogP contribution is -2.28. The summed E-state index contributed by atoms with van der Waals surface area (Å²) >= 11 is 0. The highest BCUT2D eigenvalue weighted by molar-refractivity contribution is 7.91. The van der Waals surface area contributed by atoms with Gasteiger partial charge in [0.1, 0.15) is 5.75 Å². The molecule has 3 aromatic carbocycles. The third-order valence-corrected chi connectivity index (χ3v) is 6.99. The zero-order chi connectivity index (χ0) is 24.4. The Bertz CT molecular complexity index is 1140. The van der Waals surface area contributed by atoms with Gasteiger partial charge in [0, 0.05) is 19.4 Å². The topological polar surface area (TPSA) is 78.9 Å². The number of hydrogen-bond donors (Lipinski definition) is 0. The molecule has 0 saturated heterocycles. The van der Waals surface area contributed by atoms with E-state index in [0.29, 0.717) is 32.7 Å². The summed E-state index contributed by atoms with van der Waals surface area (Å²) in [5.74, 6) is 0.364. The van der Waals surface area contributed by atoms with E-state index in [-0.39, 0.29) is 15.8 Å². The molecule has 7 heteroatoms. The fraction of sp³-hybridized carbons (Fsp3) is 0.296. The fourth-order valence-corrected chi connectivity index (χ4v) is 4.72. The molecular weight excluding hydrogens is 452 g/mol. The highest BCUT2D eigenvalue weighted by Crippen LogP contribution is 2.21. The van der Waals surface area contributed by atoms with Crippen molar-refractivity contribution >= 4 is 15.8 Å². The van der Waals surface area contributed by atoms with E-state index < -0.39 is 15.9 Å². The van der Waals surface area contributed by atoms with Gasteiger partial charge in [0.25, 0.3) is 0 Å². The lowest BCUT2D eigenvalue weighted by atomic mass is 10.1. The number of carbonyl (C=O) groups is 1. The molecule has 0 radical (unpaired) electrons. The van der Waals surface area contributed by atoms with Gasteiger partial charge in [-0.3, -0.25) is 0 Å². The zero-order valence-electron chi connectivity index (χ0n) is 19.5. The van der Waals surface area contributed by atoms with E-state index in [4.69, 9.17) is 14.2 Å². The van der Waals surface area contributed by atoms with Gasteiger partial charge in [0.05, 0.1) is 23.0 Å². The molecule has 0 aliphatic heterocycles. The monoisotopic (exact) mass is 482 g/mol. The van der Waals surface area contributed by atoms with Gasteiger partial charge in [-0.1, -0.05) is 42.5 Å². The van der Waals surface area contributed by atoms with E-state index in [1.165, 1.54) is 0 Å². The van der Waals surface area contributed by atoms with Gasteiger partial charge in [-0.05, 0) is 61.4 Å². The van der Waals surface area contributed by atoms with Crippen LogP contribution in [-0.4, -0.2) is 40.3 Å². The SMILES string of the molecule is CCOC(=O)[C@H](Cc1ccc(OCCc2ccc(S(=O)(=O)c3ccccc3)cc2)cc1)OCC. The van der Waals surface area contributed by atoms with Gasteiger partial charge in [0.15, 0.2) is 6.10 Å². The summed E-state index contributed by atoms with van der Waals surface area (Å²) in [7, 11) is -3.51. The summed E-state index contributed by atoms with van der Waals surface area (Å²) in [4.78, 5) is 12.6. The van der Waals surface area contributed by atoms with Crippen LogP contribution >= 0.6 is 0 Å². The molecule has 0 unspecified atom stereocenters. The highest BCUT2D eigenvalue weighted by Gasteiger charge is 2.20. The number of ether oxygens (including phenoxy) is 3. The third kappa shape index (κ3) is 6.92. The van der Waals surface area contributed by atoms with Gasteiger partial charge in [-0.15, -0.1) is 0 Å². The maximum atomic E-state index is 12.7. The Labute approximate surface area is 201 Å². The van der Waals surface area contributed by atoms with Crippen molar-refractivity contribution in [2.45, 2.75) is 42.6 Å². The largest absolute Gasteiger partial charge is 0.493 e. The van der Waals surface area contributed by atoms with Crippen LogP contribution in [0.25, 0.3) is 0 Å². The molecule has 0 saturated carbocycles. The van der Waals surface area contributed by atoms with Crippen LogP contribution in [0.2, 0.25) is 0 Å². The van der Waals surface area contributed by atoms with Crippen LogP contribution in [0.3, 0.4) is 0 Å². The molecule has 0 bridgehead atoms. The summed E-state index contributed by atoms with van der Waals surface area (Å²) in [6.07, 6.45) is 0.457. The lowest BCUT2D eigenvalue weighted by Gasteiger charge is -2.15. The Kier molecular flexibility index (Phi) is 9.24. The average molecular weight is 483 g/mol. The van der Waals surface area contributed by atoms with E-state index in [9.17, 15) is 13.2 Å². The number of hydrogen-bond acceptors (Lipinski definition) is 6. The van der Waals surface area contributed by atoms with Crippen molar-refractivity contribution in [2.75, 3.05) is 19.8 Å². The fourth-order valence-electron chi connectivity index (χ4n) is 3.44. The molecular formula is C27H30O6S. The summed E-state index contributed by atoms with van der Waals surface area (Å²) in [5, 5.41) is 0. The Morgan fingerprint density at radius 2 is 1.41 bits per heavy atom. The first-order valence-electron chi connectivity index (χ1n) is 11.3. The summed E-state index contributed by atoms with van der Waals surface area (Å²) in [6.45, 7) is 4.83. The summed E-state index contributed by atoms with van der Waals surface area (Å²) < 4.78 is 41.8. The second kappa shape index (κ2) is 12.3. The van der Waals surface area contributed by atoms with Crippen LogP contribution < -0.4 is 4.74 Å². The lowest BCUT2D eigenvalue weighted by molar-refractivity contribution is -0.156. The van der Waals surface area contributed by atoms with Crippen molar-refractivity contribution in [3.05, 3.63) is 90.0 Å². The molecule has 0 N–H and O–H groups in total. The number of benzene rings is 3. The number of rotatable bonds is 12. The van der Waals surface area contributed by atoms with Crippen molar-refractivity contribution in [3.63, 3.8) is 0 Å². The van der Waals surface area contributed by atoms with Crippen LogP contribution in [0.1, 0.15) is 25.0 Å². The first kappa shape index (κ1) is 25.5. The third-order valence-electron chi connectivity index (χ3n) is 5.21. The number of sulfone groups is 1. The smallest absolute Gasteiger partial charge is 0.335 e. The van der Waals surface area contributed by atoms with E-state index in [1.54, 1.807) is 49.4 Å². The van der Waals surface area contributed by atoms with Crippen molar-refractivity contribution in [1.82, 2.24) is 0 Å². The van der Waals surface area contributed by atoms with Gasteiger partial charge in [0.2, 0.25) is 9.84 Å². The molecule has 34 heavy (non-hydrogen) atoms. The molecule has 0 heterocycles. The normalized spacial score (nSPS) is 12.2. The molecule has 0 aromatic heterocycles. The van der Waals surface area contributed by atoms with Crippen LogP contribution in [0.5, 0.6) is 5.75 Å². The van der Waals surface area contributed by atoms with E-state index in [0.717, 1.165) is 16.9 Å². The summed E-state index contributed by atoms with van der Waals surface area (Å²) in [6, 6.07) is 22.8. The van der Waals surface area contributed by atoms with Crippen molar-refractivity contribution in [3.8, 4) is 5.75 Å². The standard InChI is InChI=1S/C27H30O6S/c1-3-31-26(27(28)32-4-2)20-22-10-14-23(15-11-22)33-19-18-21-12-16-25(17-13-21)34(29,30)24-8-6-5-7-9-24/h5-17,26H,3-4,18-20H2,1-2H3/t26-/m0/s1. The van der Waals surface area contributed by atoms with Gasteiger partial charge < -0.3 is 14.2 Å². The molecule has 1 atom stereocenters. The molecule has 180 valence electrons. The number of esters is 1. The van der Waals surface area contributed by atoms with Crippen molar-refractivity contribution < 1.29 is 27.4 Å². The average Bonchev–Trinajstić information content (AvgIpc) is 2.86. The first-order chi connectivity index (χ1) is 16.4. The molecule has 3 rings (SSSR count).